The molecule has 3 aliphatic rings. The fourth-order valence-corrected chi connectivity index (χ4v) is 4.78. The van der Waals surface area contributed by atoms with Gasteiger partial charge in [0.05, 0.1) is 17.8 Å². The van der Waals surface area contributed by atoms with Crippen molar-refractivity contribution in [3.63, 3.8) is 0 Å². The molecule has 1 saturated heterocycles. The van der Waals surface area contributed by atoms with Crippen molar-refractivity contribution in [2.45, 2.75) is 78.3 Å². The molecule has 2 heterocycles. The van der Waals surface area contributed by atoms with Gasteiger partial charge in [-0.1, -0.05) is 52.3 Å². The molecule has 0 aromatic rings. The van der Waals surface area contributed by atoms with Crippen molar-refractivity contribution in [3.05, 3.63) is 0 Å². The second-order valence-corrected chi connectivity index (χ2v) is 8.25. The number of amides is 1. The Labute approximate surface area is 156 Å². The average molecular weight is 360 g/mol. The van der Waals surface area contributed by atoms with E-state index in [1.807, 2.05) is 13.8 Å². The number of amidine groups is 1. The lowest BCUT2D eigenvalue weighted by Gasteiger charge is -2.33. The van der Waals surface area contributed by atoms with Gasteiger partial charge in [0.2, 0.25) is 5.91 Å². The van der Waals surface area contributed by atoms with Crippen LogP contribution < -0.4 is 5.32 Å². The Morgan fingerprint density at radius 2 is 1.92 bits per heavy atom. The summed E-state index contributed by atoms with van der Waals surface area (Å²) in [5.74, 6) is 2.36. The van der Waals surface area contributed by atoms with Crippen LogP contribution in [0.25, 0.3) is 0 Å². The molecule has 1 N–H and O–H groups in total. The molecule has 1 saturated carbocycles. The third kappa shape index (κ3) is 5.14. The molecule has 0 bridgehead atoms. The summed E-state index contributed by atoms with van der Waals surface area (Å²) in [6.45, 7) is 10.5. The van der Waals surface area contributed by atoms with Crippen molar-refractivity contribution in [1.29, 1.82) is 0 Å². The molecule has 5 heteroatoms. The second-order valence-electron chi connectivity index (χ2n) is 7.29. The second kappa shape index (κ2) is 9.69. The van der Waals surface area contributed by atoms with E-state index in [0.717, 1.165) is 42.9 Å². The van der Waals surface area contributed by atoms with E-state index >= 15 is 0 Å². The molecule has 2 aliphatic heterocycles. The van der Waals surface area contributed by atoms with Gasteiger partial charge in [-0.2, -0.15) is 0 Å². The van der Waals surface area contributed by atoms with E-state index in [9.17, 15) is 4.79 Å². The number of piperidine rings is 1. The molecule has 144 valence electrons. The third-order valence-corrected chi connectivity index (χ3v) is 6.38. The number of carbonyl (C=O) groups is 1. The fourth-order valence-electron chi connectivity index (χ4n) is 3.90. The van der Waals surface area contributed by atoms with Crippen molar-refractivity contribution in [2.75, 3.05) is 18.8 Å². The molecule has 3 rings (SSSR count). The largest absolute Gasteiger partial charge is 0.360 e. The third-order valence-electron chi connectivity index (χ3n) is 5.49. The minimum absolute atomic E-state index is 0. The number of nitrogens with zero attached hydrogens (tertiary/aromatic N) is 2. The van der Waals surface area contributed by atoms with Gasteiger partial charge >= 0.3 is 0 Å². The lowest BCUT2D eigenvalue weighted by molar-refractivity contribution is -0.129. The van der Waals surface area contributed by atoms with Crippen LogP contribution in [0.4, 0.5) is 0 Å². The Balaban J connectivity index is 0. The van der Waals surface area contributed by atoms with E-state index in [0.29, 0.717) is 17.8 Å². The van der Waals surface area contributed by atoms with Crippen molar-refractivity contribution in [2.24, 2.45) is 16.8 Å². The molecule has 0 spiro atoms. The molecule has 24 heavy (non-hydrogen) atoms. The molecular formula is C19H41N3OS. The van der Waals surface area contributed by atoms with Crippen LogP contribution in [0.5, 0.6) is 0 Å². The van der Waals surface area contributed by atoms with Crippen LogP contribution in [-0.4, -0.2) is 46.9 Å². The van der Waals surface area contributed by atoms with E-state index in [1.165, 1.54) is 25.7 Å². The first-order chi connectivity index (χ1) is 11.6. The zero-order valence-electron chi connectivity index (χ0n) is 15.9. The highest BCUT2D eigenvalue weighted by Gasteiger charge is 2.31. The molecule has 2 fully saturated rings. The van der Waals surface area contributed by atoms with Gasteiger partial charge in [0.25, 0.3) is 0 Å². The zero-order chi connectivity index (χ0) is 17.5. The van der Waals surface area contributed by atoms with Crippen molar-refractivity contribution in [3.8, 4) is 0 Å². The molecule has 0 aromatic heterocycles. The number of hydrogen-bond donors (Lipinski definition) is 1. The predicted octanol–water partition coefficient (Wildman–Crippen LogP) is 4.65. The summed E-state index contributed by atoms with van der Waals surface area (Å²) < 4.78 is 0. The van der Waals surface area contributed by atoms with Crippen molar-refractivity contribution >= 4 is 22.8 Å². The topological polar surface area (TPSA) is 44.7 Å². The smallest absolute Gasteiger partial charge is 0.233 e. The van der Waals surface area contributed by atoms with Gasteiger partial charge in [0.1, 0.15) is 0 Å². The summed E-state index contributed by atoms with van der Waals surface area (Å²) in [4.78, 5) is 19.2. The highest BCUT2D eigenvalue weighted by atomic mass is 32.2. The number of nitrogens with one attached hydrogen (secondary N) is 1. The van der Waals surface area contributed by atoms with Crippen LogP contribution in [0.2, 0.25) is 0 Å². The fraction of sp³-hybridized carbons (Fsp3) is 0.895. The van der Waals surface area contributed by atoms with Crippen LogP contribution in [0.15, 0.2) is 4.99 Å². The number of thioether (sulfide) groups is 1. The van der Waals surface area contributed by atoms with E-state index in [1.54, 1.807) is 11.8 Å². The Hall–Kier alpha value is -0.710. The molecule has 1 unspecified atom stereocenters. The molecule has 2 atom stereocenters. The number of carbonyl (C=O) groups excluding carboxylic acids is 1. The van der Waals surface area contributed by atoms with E-state index in [2.05, 4.69) is 24.1 Å². The number of likely N-dealkylation sites (tertiary alicyclic amines) is 1. The molecule has 0 radical (unpaired) electrons. The quantitative estimate of drug-likeness (QED) is 0.798. The maximum atomic E-state index is 12.4. The molecule has 1 aliphatic carbocycles. The Morgan fingerprint density at radius 3 is 2.54 bits per heavy atom. The monoisotopic (exact) mass is 359 g/mol. The van der Waals surface area contributed by atoms with Crippen molar-refractivity contribution in [1.82, 2.24) is 10.2 Å². The summed E-state index contributed by atoms with van der Waals surface area (Å²) in [6, 6.07) is 1.00. The van der Waals surface area contributed by atoms with Crippen LogP contribution >= 0.6 is 11.8 Å². The van der Waals surface area contributed by atoms with E-state index in [-0.39, 0.29) is 10.2 Å². The first kappa shape index (κ1) is 19.6. The predicted molar refractivity (Wildman–Crippen MR) is 111 cm³/mol. The highest BCUT2D eigenvalue weighted by molar-refractivity contribution is 8.14. The summed E-state index contributed by atoms with van der Waals surface area (Å²) in [5.41, 5.74) is 0. The highest BCUT2D eigenvalue weighted by Crippen LogP contribution is 2.28. The number of fused-ring (bicyclic) bond motifs is 1. The normalized spacial score (nSPS) is 27.0. The molecular weight excluding hydrogens is 318 g/mol. The van der Waals surface area contributed by atoms with Gasteiger partial charge in [-0.05, 0) is 37.5 Å². The summed E-state index contributed by atoms with van der Waals surface area (Å²) in [7, 11) is 0. The average Bonchev–Trinajstić information content (AvgIpc) is 3.04. The minimum atomic E-state index is 0. The summed E-state index contributed by atoms with van der Waals surface area (Å²) in [5, 5.41) is 4.52. The van der Waals surface area contributed by atoms with Gasteiger partial charge in [0.15, 0.2) is 5.17 Å². The Morgan fingerprint density at radius 1 is 1.25 bits per heavy atom. The summed E-state index contributed by atoms with van der Waals surface area (Å²) in [6.07, 6.45) is 7.38. The number of aliphatic imine (C=N–C) groups is 1. The number of rotatable bonds is 3. The minimum Gasteiger partial charge on any atom is -0.360 e. The van der Waals surface area contributed by atoms with E-state index in [4.69, 9.17) is 4.99 Å². The zero-order valence-corrected chi connectivity index (χ0v) is 16.7. The lowest BCUT2D eigenvalue weighted by atomic mass is 9.87. The van der Waals surface area contributed by atoms with E-state index < -0.39 is 0 Å². The Kier molecular flexibility index (Phi) is 7.92. The van der Waals surface area contributed by atoms with Gasteiger partial charge in [-0.3, -0.25) is 9.79 Å². The van der Waals surface area contributed by atoms with Crippen molar-refractivity contribution < 1.29 is 9.07 Å². The first-order valence-electron chi connectivity index (χ1n) is 9.88. The Bertz CT molecular complexity index is 444. The van der Waals surface area contributed by atoms with Gasteiger partial charge < -0.3 is 10.2 Å². The SMILES string of the molecule is CC.CC(C)C1CCN(C(=O)CSC2=N[C@H]3CCCCC3N2)CC1.[HH].[HH].[HH]. The lowest BCUT2D eigenvalue weighted by Crippen LogP contribution is -2.41. The molecule has 1 amide bonds. The van der Waals surface area contributed by atoms with Crippen LogP contribution in [0.3, 0.4) is 0 Å². The van der Waals surface area contributed by atoms with Gasteiger partial charge in [-0.25, -0.2) is 0 Å². The van der Waals surface area contributed by atoms with Gasteiger partial charge in [-0.15, -0.1) is 0 Å². The maximum absolute atomic E-state index is 12.4. The number of hydrogen-bond acceptors (Lipinski definition) is 4. The molecule has 0 aromatic carbocycles. The maximum Gasteiger partial charge on any atom is 0.233 e. The van der Waals surface area contributed by atoms with Crippen LogP contribution in [0.1, 0.15) is 70.5 Å². The first-order valence-corrected chi connectivity index (χ1v) is 10.9. The van der Waals surface area contributed by atoms with Gasteiger partial charge in [0, 0.05) is 17.4 Å². The standard InChI is InChI=1S/C17H29N3OS.C2H6.3H2/c1-12(2)13-7-9-20(10-8-13)16(21)11-22-17-18-14-5-3-4-6-15(14)19-17;1-2;;;/h12-15H,3-11H2,1-2H3,(H,18,19);1-2H3;3*1H/t14-,15?;;;;/m0..../s1. The van der Waals surface area contributed by atoms with Crippen LogP contribution in [-0.2, 0) is 4.79 Å². The van der Waals surface area contributed by atoms with Crippen LogP contribution in [0, 0.1) is 11.8 Å². The summed E-state index contributed by atoms with van der Waals surface area (Å²) >= 11 is 1.61. The molecule has 4 nitrogen and oxygen atoms in total.